The number of halogens is 2. The van der Waals surface area contributed by atoms with E-state index >= 15 is 0 Å². The first-order valence-electron chi connectivity index (χ1n) is 3.58. The van der Waals surface area contributed by atoms with Crippen LogP contribution in [-0.2, 0) is 0 Å². The highest BCUT2D eigenvalue weighted by atomic mass is 35.5. The molecule has 0 atom stereocenters. The van der Waals surface area contributed by atoms with Crippen LogP contribution in [0.1, 0.15) is 5.56 Å². The molecule has 0 fully saturated rings. The predicted octanol–water partition coefficient (Wildman–Crippen LogP) is 2.02. The lowest BCUT2D eigenvalue weighted by atomic mass is 9.91. The minimum absolute atomic E-state index is 0.513. The molecule has 1 aromatic carbocycles. The standard InChI is InChI=1S/C8H7BCl2O2/c10-7-3-6(1-2-9(12)13)4-8(11)5-7/h1-5,12-13H. The first-order chi connectivity index (χ1) is 6.08. The number of hydrogen-bond acceptors (Lipinski definition) is 2. The molecule has 0 radical (unpaired) electrons. The SMILES string of the molecule is OB(O)C=Cc1cc(Cl)cc(Cl)c1. The molecule has 0 saturated carbocycles. The van der Waals surface area contributed by atoms with Gasteiger partial charge in [-0.3, -0.25) is 0 Å². The molecule has 2 N–H and O–H groups in total. The zero-order valence-corrected chi connectivity index (χ0v) is 8.13. The van der Waals surface area contributed by atoms with Crippen LogP contribution in [-0.4, -0.2) is 17.2 Å². The van der Waals surface area contributed by atoms with Crippen LogP contribution in [0.2, 0.25) is 10.0 Å². The molecule has 5 heteroatoms. The van der Waals surface area contributed by atoms with E-state index in [-0.39, 0.29) is 0 Å². The van der Waals surface area contributed by atoms with Gasteiger partial charge in [-0.05, 0) is 23.8 Å². The van der Waals surface area contributed by atoms with Crippen molar-refractivity contribution in [2.45, 2.75) is 0 Å². The van der Waals surface area contributed by atoms with Crippen molar-refractivity contribution in [3.05, 3.63) is 39.8 Å². The third kappa shape index (κ3) is 3.83. The Morgan fingerprint density at radius 3 is 2.08 bits per heavy atom. The van der Waals surface area contributed by atoms with Crippen molar-refractivity contribution in [3.8, 4) is 0 Å². The van der Waals surface area contributed by atoms with E-state index in [4.69, 9.17) is 33.2 Å². The summed E-state index contributed by atoms with van der Waals surface area (Å²) in [6.07, 6.45) is 1.53. The largest absolute Gasteiger partial charge is 0.480 e. The number of rotatable bonds is 2. The van der Waals surface area contributed by atoms with Gasteiger partial charge < -0.3 is 10.0 Å². The molecule has 13 heavy (non-hydrogen) atoms. The minimum Gasteiger partial charge on any atom is -0.424 e. The average Bonchev–Trinajstić information content (AvgIpc) is 1.99. The lowest BCUT2D eigenvalue weighted by molar-refractivity contribution is 0.424. The van der Waals surface area contributed by atoms with Crippen molar-refractivity contribution < 1.29 is 10.0 Å². The predicted molar refractivity (Wildman–Crippen MR) is 55.7 cm³/mol. The van der Waals surface area contributed by atoms with Gasteiger partial charge in [0.2, 0.25) is 0 Å². The minimum atomic E-state index is -1.46. The summed E-state index contributed by atoms with van der Waals surface area (Å²) in [5, 5.41) is 18.1. The zero-order chi connectivity index (χ0) is 9.84. The fourth-order valence-corrected chi connectivity index (χ4v) is 1.41. The van der Waals surface area contributed by atoms with E-state index in [1.54, 1.807) is 18.2 Å². The van der Waals surface area contributed by atoms with Gasteiger partial charge in [-0.15, -0.1) is 0 Å². The molecule has 0 aliphatic rings. The maximum absolute atomic E-state index is 8.56. The zero-order valence-electron chi connectivity index (χ0n) is 6.61. The van der Waals surface area contributed by atoms with Crippen molar-refractivity contribution in [2.24, 2.45) is 0 Å². The lowest BCUT2D eigenvalue weighted by Crippen LogP contribution is -2.05. The molecule has 0 heterocycles. The van der Waals surface area contributed by atoms with Crippen LogP contribution in [0.3, 0.4) is 0 Å². The van der Waals surface area contributed by atoms with Crippen molar-refractivity contribution in [3.63, 3.8) is 0 Å². The molecule has 2 nitrogen and oxygen atoms in total. The Morgan fingerprint density at radius 1 is 1.08 bits per heavy atom. The van der Waals surface area contributed by atoms with Gasteiger partial charge in [-0.25, -0.2) is 0 Å². The van der Waals surface area contributed by atoms with E-state index in [0.717, 1.165) is 5.56 Å². The van der Waals surface area contributed by atoms with Gasteiger partial charge in [-0.2, -0.15) is 0 Å². The van der Waals surface area contributed by atoms with E-state index in [0.29, 0.717) is 10.0 Å². The van der Waals surface area contributed by atoms with Crippen LogP contribution in [0.5, 0.6) is 0 Å². The maximum atomic E-state index is 8.56. The second kappa shape index (κ2) is 4.68. The first-order valence-corrected chi connectivity index (χ1v) is 4.34. The highest BCUT2D eigenvalue weighted by Crippen LogP contribution is 2.19. The second-order valence-corrected chi connectivity index (χ2v) is 3.35. The molecule has 0 aliphatic carbocycles. The summed E-state index contributed by atoms with van der Waals surface area (Å²) in [6.45, 7) is 0. The molecule has 0 aliphatic heterocycles. The smallest absolute Gasteiger partial charge is 0.424 e. The average molecular weight is 217 g/mol. The van der Waals surface area contributed by atoms with E-state index in [9.17, 15) is 0 Å². The van der Waals surface area contributed by atoms with E-state index in [1.165, 1.54) is 12.1 Å². The fourth-order valence-electron chi connectivity index (χ4n) is 0.869. The Hall–Kier alpha value is -0.475. The normalized spacial score (nSPS) is 10.8. The van der Waals surface area contributed by atoms with Crippen LogP contribution >= 0.6 is 23.2 Å². The van der Waals surface area contributed by atoms with Crippen LogP contribution in [0, 0.1) is 0 Å². The summed E-state index contributed by atoms with van der Waals surface area (Å²) in [4.78, 5) is 0. The van der Waals surface area contributed by atoms with Gasteiger partial charge >= 0.3 is 7.12 Å². The van der Waals surface area contributed by atoms with Crippen molar-refractivity contribution in [2.75, 3.05) is 0 Å². The summed E-state index contributed by atoms with van der Waals surface area (Å²) in [7, 11) is -1.46. The molecule has 0 unspecified atom stereocenters. The summed E-state index contributed by atoms with van der Waals surface area (Å²) >= 11 is 11.4. The highest BCUT2D eigenvalue weighted by Gasteiger charge is 1.99. The Bertz CT molecular complexity index is 306. The van der Waals surface area contributed by atoms with Gasteiger partial charge in [0.1, 0.15) is 0 Å². The van der Waals surface area contributed by atoms with Crippen molar-refractivity contribution in [1.82, 2.24) is 0 Å². The molecule has 0 spiro atoms. The van der Waals surface area contributed by atoms with E-state index in [1.807, 2.05) is 0 Å². The molecular formula is C8H7BCl2O2. The Balaban J connectivity index is 2.89. The van der Waals surface area contributed by atoms with Crippen molar-refractivity contribution >= 4 is 36.4 Å². The lowest BCUT2D eigenvalue weighted by Gasteiger charge is -1.96. The van der Waals surface area contributed by atoms with Gasteiger partial charge in [0.15, 0.2) is 0 Å². The monoisotopic (exact) mass is 216 g/mol. The summed E-state index contributed by atoms with van der Waals surface area (Å²) < 4.78 is 0. The van der Waals surface area contributed by atoms with Gasteiger partial charge in [0.05, 0.1) is 0 Å². The summed E-state index contributed by atoms with van der Waals surface area (Å²) in [5.41, 5.74) is 0.727. The topological polar surface area (TPSA) is 40.5 Å². The molecule has 0 bridgehead atoms. The molecular weight excluding hydrogens is 210 g/mol. The third-order valence-corrected chi connectivity index (χ3v) is 1.78. The molecule has 0 amide bonds. The summed E-state index contributed by atoms with van der Waals surface area (Å²) in [6, 6.07) is 4.95. The van der Waals surface area contributed by atoms with Crippen molar-refractivity contribution in [1.29, 1.82) is 0 Å². The molecule has 0 saturated heterocycles. The Labute approximate surface area is 86.6 Å². The molecule has 1 rings (SSSR count). The molecule has 1 aromatic rings. The quantitative estimate of drug-likeness (QED) is 0.743. The van der Waals surface area contributed by atoms with E-state index in [2.05, 4.69) is 0 Å². The molecule has 0 aromatic heterocycles. The van der Waals surface area contributed by atoms with Gasteiger partial charge in [0.25, 0.3) is 0 Å². The van der Waals surface area contributed by atoms with Crippen LogP contribution in [0.4, 0.5) is 0 Å². The third-order valence-electron chi connectivity index (χ3n) is 1.35. The number of benzene rings is 1. The Kier molecular flexibility index (Phi) is 3.81. The second-order valence-electron chi connectivity index (χ2n) is 2.48. The van der Waals surface area contributed by atoms with Crippen LogP contribution in [0.25, 0.3) is 6.08 Å². The van der Waals surface area contributed by atoms with Gasteiger partial charge in [-0.1, -0.05) is 35.3 Å². The number of hydrogen-bond donors (Lipinski definition) is 2. The maximum Gasteiger partial charge on any atom is 0.480 e. The molecule has 68 valence electrons. The summed E-state index contributed by atoms with van der Waals surface area (Å²) in [5.74, 6) is 1.22. The van der Waals surface area contributed by atoms with E-state index < -0.39 is 7.12 Å². The highest BCUT2D eigenvalue weighted by molar-refractivity contribution is 6.48. The fraction of sp³-hybridized carbons (Fsp3) is 0. The Morgan fingerprint density at radius 2 is 1.62 bits per heavy atom. The van der Waals surface area contributed by atoms with Crippen LogP contribution < -0.4 is 0 Å². The first kappa shape index (κ1) is 10.6. The van der Waals surface area contributed by atoms with Gasteiger partial charge in [0, 0.05) is 10.0 Å². The van der Waals surface area contributed by atoms with Crippen LogP contribution in [0.15, 0.2) is 24.2 Å².